The van der Waals surface area contributed by atoms with Crippen molar-refractivity contribution >= 4 is 0 Å². The van der Waals surface area contributed by atoms with Crippen LogP contribution in [0.5, 0.6) is 11.5 Å². The quantitative estimate of drug-likeness (QED) is 0.794. The van der Waals surface area contributed by atoms with Crippen LogP contribution in [0.15, 0.2) is 12.1 Å². The summed E-state index contributed by atoms with van der Waals surface area (Å²) in [5, 5.41) is 0. The van der Waals surface area contributed by atoms with Gasteiger partial charge in [0.2, 0.25) is 6.79 Å². The predicted molar refractivity (Wildman–Crippen MR) is 56.9 cm³/mol. The van der Waals surface area contributed by atoms with Gasteiger partial charge in [0.25, 0.3) is 0 Å². The number of nitrogens with two attached hydrogens (primary N) is 1. The standard InChI is InChI=1S/C12H14FNO2/c13-9-6-11-10(15-7-16-11)5-8(9)12(14)3-1-2-4-12/h5-6H,1-4,7,14H2. The second-order valence-corrected chi connectivity index (χ2v) is 4.55. The molecule has 0 atom stereocenters. The van der Waals surface area contributed by atoms with E-state index in [0.717, 1.165) is 25.7 Å². The molecule has 0 aromatic heterocycles. The second kappa shape index (κ2) is 3.35. The van der Waals surface area contributed by atoms with Gasteiger partial charge < -0.3 is 15.2 Å². The summed E-state index contributed by atoms with van der Waals surface area (Å²) in [4.78, 5) is 0. The third kappa shape index (κ3) is 1.37. The van der Waals surface area contributed by atoms with Crippen LogP contribution in [-0.2, 0) is 5.54 Å². The first-order valence-corrected chi connectivity index (χ1v) is 5.58. The molecule has 3 nitrogen and oxygen atoms in total. The fourth-order valence-electron chi connectivity index (χ4n) is 2.57. The summed E-state index contributed by atoms with van der Waals surface area (Å²) in [6.07, 6.45) is 3.79. The molecule has 1 aromatic rings. The van der Waals surface area contributed by atoms with Gasteiger partial charge in [-0.15, -0.1) is 0 Å². The molecule has 0 radical (unpaired) electrons. The van der Waals surface area contributed by atoms with Gasteiger partial charge in [0, 0.05) is 17.2 Å². The number of halogens is 1. The molecule has 3 rings (SSSR count). The molecule has 0 bridgehead atoms. The van der Waals surface area contributed by atoms with Crippen molar-refractivity contribution in [2.75, 3.05) is 6.79 Å². The van der Waals surface area contributed by atoms with Crippen LogP contribution in [0.1, 0.15) is 31.2 Å². The van der Waals surface area contributed by atoms with Crippen molar-refractivity contribution in [1.82, 2.24) is 0 Å². The van der Waals surface area contributed by atoms with E-state index in [-0.39, 0.29) is 12.6 Å². The Bertz CT molecular complexity index is 427. The first kappa shape index (κ1) is 9.90. The van der Waals surface area contributed by atoms with Crippen molar-refractivity contribution in [3.05, 3.63) is 23.5 Å². The Labute approximate surface area is 93.3 Å². The lowest BCUT2D eigenvalue weighted by molar-refractivity contribution is 0.173. The highest BCUT2D eigenvalue weighted by atomic mass is 19.1. The van der Waals surface area contributed by atoms with Gasteiger partial charge in [-0.2, -0.15) is 0 Å². The second-order valence-electron chi connectivity index (χ2n) is 4.55. The molecule has 86 valence electrons. The molecule has 0 unspecified atom stereocenters. The summed E-state index contributed by atoms with van der Waals surface area (Å²) < 4.78 is 24.3. The number of fused-ring (bicyclic) bond motifs is 1. The Morgan fingerprint density at radius 1 is 1.12 bits per heavy atom. The molecule has 16 heavy (non-hydrogen) atoms. The van der Waals surface area contributed by atoms with Crippen LogP contribution in [0.4, 0.5) is 4.39 Å². The fraction of sp³-hybridized carbons (Fsp3) is 0.500. The normalized spacial score (nSPS) is 21.4. The third-order valence-corrected chi connectivity index (χ3v) is 3.49. The van der Waals surface area contributed by atoms with E-state index in [1.165, 1.54) is 6.07 Å². The molecular formula is C12H14FNO2. The highest BCUT2D eigenvalue weighted by molar-refractivity contribution is 5.47. The van der Waals surface area contributed by atoms with Gasteiger partial charge in [0.1, 0.15) is 5.82 Å². The van der Waals surface area contributed by atoms with Crippen molar-refractivity contribution in [3.63, 3.8) is 0 Å². The maximum Gasteiger partial charge on any atom is 0.231 e. The highest BCUT2D eigenvalue weighted by Gasteiger charge is 2.35. The number of rotatable bonds is 1. The van der Waals surface area contributed by atoms with Crippen molar-refractivity contribution < 1.29 is 13.9 Å². The van der Waals surface area contributed by atoms with Crippen LogP contribution in [0, 0.1) is 5.82 Å². The summed E-state index contributed by atoms with van der Waals surface area (Å²) in [7, 11) is 0. The smallest absolute Gasteiger partial charge is 0.231 e. The SMILES string of the molecule is NC1(c2cc3c(cc2F)OCO3)CCCC1. The highest BCUT2D eigenvalue weighted by Crippen LogP contribution is 2.42. The van der Waals surface area contributed by atoms with E-state index in [0.29, 0.717) is 17.1 Å². The van der Waals surface area contributed by atoms with E-state index in [1.807, 2.05) is 0 Å². The molecule has 1 aliphatic carbocycles. The minimum absolute atomic E-state index is 0.162. The van der Waals surface area contributed by atoms with Crippen molar-refractivity contribution in [3.8, 4) is 11.5 Å². The zero-order valence-electron chi connectivity index (χ0n) is 8.96. The molecule has 0 amide bonds. The monoisotopic (exact) mass is 223 g/mol. The van der Waals surface area contributed by atoms with Crippen LogP contribution < -0.4 is 15.2 Å². The lowest BCUT2D eigenvalue weighted by atomic mass is 9.89. The van der Waals surface area contributed by atoms with Crippen LogP contribution >= 0.6 is 0 Å². The number of hydrogen-bond donors (Lipinski definition) is 1. The Balaban J connectivity index is 2.07. The zero-order chi connectivity index (χ0) is 11.2. The molecular weight excluding hydrogens is 209 g/mol. The molecule has 2 aliphatic rings. The molecule has 2 N–H and O–H groups in total. The van der Waals surface area contributed by atoms with E-state index in [2.05, 4.69) is 0 Å². The maximum atomic E-state index is 13.9. The maximum absolute atomic E-state index is 13.9. The van der Waals surface area contributed by atoms with E-state index in [1.54, 1.807) is 6.07 Å². The summed E-state index contributed by atoms with van der Waals surface area (Å²) in [5.74, 6) is 0.796. The molecule has 1 heterocycles. The van der Waals surface area contributed by atoms with E-state index in [9.17, 15) is 4.39 Å². The molecule has 0 spiro atoms. The number of hydrogen-bond acceptors (Lipinski definition) is 3. The first-order valence-electron chi connectivity index (χ1n) is 5.58. The van der Waals surface area contributed by atoms with Gasteiger partial charge in [-0.05, 0) is 18.9 Å². The molecule has 1 saturated carbocycles. The van der Waals surface area contributed by atoms with E-state index in [4.69, 9.17) is 15.2 Å². The van der Waals surface area contributed by atoms with Gasteiger partial charge in [-0.3, -0.25) is 0 Å². The van der Waals surface area contributed by atoms with Gasteiger partial charge in [-0.1, -0.05) is 12.8 Å². The molecule has 4 heteroatoms. The molecule has 1 aliphatic heterocycles. The third-order valence-electron chi connectivity index (χ3n) is 3.49. The molecule has 0 saturated heterocycles. The fourth-order valence-corrected chi connectivity index (χ4v) is 2.57. The van der Waals surface area contributed by atoms with Gasteiger partial charge >= 0.3 is 0 Å². The minimum atomic E-state index is -0.523. The van der Waals surface area contributed by atoms with Crippen molar-refractivity contribution in [2.24, 2.45) is 5.73 Å². The molecule has 1 fully saturated rings. The predicted octanol–water partition coefficient (Wildman–Crippen LogP) is 2.28. The Morgan fingerprint density at radius 3 is 2.44 bits per heavy atom. The van der Waals surface area contributed by atoms with Crippen molar-refractivity contribution in [1.29, 1.82) is 0 Å². The lowest BCUT2D eigenvalue weighted by Gasteiger charge is -2.24. The van der Waals surface area contributed by atoms with E-state index >= 15 is 0 Å². The topological polar surface area (TPSA) is 44.5 Å². The largest absolute Gasteiger partial charge is 0.454 e. The Morgan fingerprint density at radius 2 is 1.75 bits per heavy atom. The van der Waals surface area contributed by atoms with Crippen molar-refractivity contribution in [2.45, 2.75) is 31.2 Å². The van der Waals surface area contributed by atoms with Crippen LogP contribution in [-0.4, -0.2) is 6.79 Å². The summed E-state index contributed by atoms with van der Waals surface area (Å²) >= 11 is 0. The van der Waals surface area contributed by atoms with Gasteiger partial charge in [0.15, 0.2) is 11.5 Å². The lowest BCUT2D eigenvalue weighted by Crippen LogP contribution is -2.34. The number of ether oxygens (including phenoxy) is 2. The van der Waals surface area contributed by atoms with Crippen LogP contribution in [0.25, 0.3) is 0 Å². The minimum Gasteiger partial charge on any atom is -0.454 e. The summed E-state index contributed by atoms with van der Waals surface area (Å²) in [5.41, 5.74) is 6.28. The Hall–Kier alpha value is -1.29. The molecule has 1 aromatic carbocycles. The average molecular weight is 223 g/mol. The van der Waals surface area contributed by atoms with Gasteiger partial charge in [-0.25, -0.2) is 4.39 Å². The number of benzene rings is 1. The van der Waals surface area contributed by atoms with Crippen LogP contribution in [0.3, 0.4) is 0 Å². The first-order chi connectivity index (χ1) is 7.69. The van der Waals surface area contributed by atoms with E-state index < -0.39 is 5.54 Å². The van der Waals surface area contributed by atoms with Crippen LogP contribution in [0.2, 0.25) is 0 Å². The zero-order valence-corrected chi connectivity index (χ0v) is 8.96. The average Bonchev–Trinajstić information content (AvgIpc) is 2.85. The van der Waals surface area contributed by atoms with Gasteiger partial charge in [0.05, 0.1) is 0 Å². The Kier molecular flexibility index (Phi) is 2.07. The summed E-state index contributed by atoms with van der Waals surface area (Å²) in [6.45, 7) is 0.162. The summed E-state index contributed by atoms with van der Waals surface area (Å²) in [6, 6.07) is 3.08.